The third-order valence-corrected chi connectivity index (χ3v) is 8.60. The monoisotopic (exact) mass is 896 g/mol. The first kappa shape index (κ1) is 45.2. The predicted octanol–water partition coefficient (Wildman–Crippen LogP) is 6.76. The number of rotatable bonds is 7. The summed E-state index contributed by atoms with van der Waals surface area (Å²) in [6.07, 6.45) is -0.839. The Hall–Kier alpha value is -6.89. The minimum absolute atomic E-state index is 0.187. The average Bonchev–Trinajstić information content (AvgIpc) is 3.24. The van der Waals surface area contributed by atoms with E-state index in [1.54, 1.807) is 36.9 Å². The molecule has 0 aliphatic rings. The zero-order valence-electron chi connectivity index (χ0n) is 28.4. The Morgan fingerprint density at radius 3 is 0.967 bits per heavy atom. The van der Waals surface area contributed by atoms with Crippen LogP contribution in [0.1, 0.15) is 10.4 Å². The molecule has 0 spiro atoms. The lowest BCUT2D eigenvalue weighted by atomic mass is 9.12. The van der Waals surface area contributed by atoms with Crippen LogP contribution >= 0.6 is 0 Å². The lowest BCUT2D eigenvalue weighted by molar-refractivity contribution is -0.875. The van der Waals surface area contributed by atoms with Gasteiger partial charge in [-0.05, 0) is 12.1 Å². The van der Waals surface area contributed by atoms with E-state index in [0.717, 1.165) is 0 Å². The Morgan fingerprint density at radius 1 is 0.443 bits per heavy atom. The molecule has 0 aliphatic carbocycles. The minimum atomic E-state index is -7.22. The minimum Gasteiger partial charge on any atom is -0.478 e. The summed E-state index contributed by atoms with van der Waals surface area (Å²) < 4.78 is 295. The first-order valence-electron chi connectivity index (χ1n) is 15.5. The molecule has 0 radical (unpaired) electrons. The van der Waals surface area contributed by atoms with Crippen LogP contribution in [-0.2, 0) is 0 Å². The molecule has 61 heavy (non-hydrogen) atoms. The van der Waals surface area contributed by atoms with E-state index in [0.29, 0.717) is 5.75 Å². The first-order chi connectivity index (χ1) is 28.5. The maximum absolute atomic E-state index is 15.4. The van der Waals surface area contributed by atoms with E-state index >= 15 is 35.1 Å². The number of halogens is 20. The Bertz CT molecular complexity index is 2390. The van der Waals surface area contributed by atoms with Gasteiger partial charge in [0.25, 0.3) is 0 Å². The average molecular weight is 896 g/mol. The third kappa shape index (κ3) is 7.17. The van der Waals surface area contributed by atoms with Crippen LogP contribution in [-0.4, -0.2) is 22.2 Å². The lowest BCUT2D eigenvalue weighted by Gasteiger charge is -2.44. The zero-order valence-corrected chi connectivity index (χ0v) is 28.4. The van der Waals surface area contributed by atoms with Crippen molar-refractivity contribution in [1.29, 1.82) is 0 Å². The van der Waals surface area contributed by atoms with Crippen molar-refractivity contribution in [3.8, 4) is 5.75 Å². The van der Waals surface area contributed by atoms with Crippen LogP contribution in [0.3, 0.4) is 0 Å². The molecule has 0 aliphatic heterocycles. The van der Waals surface area contributed by atoms with E-state index in [9.17, 15) is 57.5 Å². The Balaban J connectivity index is 0.000000366. The molecule has 0 bridgehead atoms. The van der Waals surface area contributed by atoms with Crippen molar-refractivity contribution in [2.24, 2.45) is 0 Å². The molecule has 0 fully saturated rings. The Labute approximate surface area is 323 Å². The molecule has 320 valence electrons. The van der Waals surface area contributed by atoms with Gasteiger partial charge in [-0.1, -0.05) is 6.07 Å². The van der Waals surface area contributed by atoms with Crippen LogP contribution in [0, 0.1) is 116 Å². The van der Waals surface area contributed by atoms with Crippen molar-refractivity contribution < 1.29 is 107 Å². The molecule has 1 N–H and O–H groups in total. The molecule has 0 unspecified atom stereocenters. The fraction of sp³-hybridized carbons (Fsp3) is 0. The molecule has 1 heterocycles. The number of hydrogen-bond acceptors (Lipinski definition) is 3. The van der Waals surface area contributed by atoms with Gasteiger partial charge in [-0.25, -0.2) is 97.4 Å². The van der Waals surface area contributed by atoms with Crippen LogP contribution in [0.4, 0.5) is 87.8 Å². The van der Waals surface area contributed by atoms with Gasteiger partial charge in [0.2, 0.25) is 18.1 Å². The number of carboxylic acid groups (broad SMARTS) is 1. The second kappa shape index (κ2) is 16.6. The molecule has 5 nitrogen and oxygen atoms in total. The van der Waals surface area contributed by atoms with Crippen LogP contribution in [0.5, 0.6) is 5.75 Å². The molecule has 1 aromatic heterocycles. The number of aromatic nitrogens is 2. The number of aromatic carboxylic acids is 1. The summed E-state index contributed by atoms with van der Waals surface area (Å²) in [5, 5.41) is 8.80. The molecule has 6 aromatic rings. The number of nitrogens with zero attached hydrogens (tertiary/aromatic N) is 2. The van der Waals surface area contributed by atoms with Gasteiger partial charge in [0.15, 0.2) is 69.8 Å². The van der Waals surface area contributed by atoms with Crippen molar-refractivity contribution in [3.63, 3.8) is 0 Å². The van der Waals surface area contributed by atoms with E-state index in [1.807, 2.05) is 0 Å². The summed E-state index contributed by atoms with van der Waals surface area (Å²) in [4.78, 5) is 20.0. The molecular formula is C35H9BF20N2O3. The maximum Gasteiger partial charge on any atom is 0.335 e. The highest BCUT2D eigenvalue weighted by Crippen LogP contribution is 2.30. The van der Waals surface area contributed by atoms with E-state index in [-0.39, 0.29) is 5.56 Å². The molecule has 0 saturated carbocycles. The molecular weight excluding hydrogens is 887 g/mol. The number of carbonyl (C=O) groups is 1. The topological polar surface area (TPSA) is 63.3 Å². The summed E-state index contributed by atoms with van der Waals surface area (Å²) in [5.74, 6) is -71.9. The fourth-order valence-electron chi connectivity index (χ4n) is 6.05. The van der Waals surface area contributed by atoms with Crippen LogP contribution < -0.4 is 31.4 Å². The van der Waals surface area contributed by atoms with Gasteiger partial charge in [0.1, 0.15) is 52.7 Å². The number of benzene rings is 5. The van der Waals surface area contributed by atoms with Crippen LogP contribution in [0.25, 0.3) is 0 Å². The quantitative estimate of drug-likeness (QED) is 0.0634. The first-order valence-corrected chi connectivity index (χ1v) is 15.5. The van der Waals surface area contributed by atoms with Gasteiger partial charge in [-0.2, -0.15) is 0 Å². The van der Waals surface area contributed by atoms with Crippen LogP contribution in [0.2, 0.25) is 0 Å². The highest BCUT2D eigenvalue weighted by molar-refractivity contribution is 7.20. The summed E-state index contributed by atoms with van der Waals surface area (Å²) in [5.41, 5.74) is -14.1. The van der Waals surface area contributed by atoms with Gasteiger partial charge in [0.05, 0.1) is 18.0 Å². The molecule has 5 aromatic carbocycles. The number of hydrogen-bond donors (Lipinski definition) is 1. The highest BCUT2D eigenvalue weighted by atomic mass is 19.2. The van der Waals surface area contributed by atoms with E-state index in [2.05, 4.69) is 4.98 Å². The van der Waals surface area contributed by atoms with Gasteiger partial charge in [-0.3, -0.25) is 4.98 Å². The Kier molecular flexibility index (Phi) is 12.3. The predicted molar refractivity (Wildman–Crippen MR) is 163 cm³/mol. The molecule has 0 saturated heterocycles. The van der Waals surface area contributed by atoms with Gasteiger partial charge in [0, 0.05) is 10.8 Å². The number of carboxylic acids is 1. The normalized spacial score (nSPS) is 11.4. The van der Waals surface area contributed by atoms with Crippen LogP contribution in [0.15, 0.2) is 49.1 Å². The van der Waals surface area contributed by atoms with Gasteiger partial charge in [-0.15, -0.1) is 21.9 Å². The molecule has 6 rings (SSSR count). The second-order valence-corrected chi connectivity index (χ2v) is 11.8. The highest BCUT2D eigenvalue weighted by Gasteiger charge is 2.52. The smallest absolute Gasteiger partial charge is 0.335 e. The standard InChI is InChI=1S/C24BF20.C11H8N2O3/c26-5-1(6(27)14(35)21(42)13(5)34)25(2-7(28)15(36)22(43)16(37)8(2)29,3-9(30)17(38)23(44)18(39)10(3)31)4-11(32)19(40)24(45)20(41)12(4)33;14-11(15)9-2-1-3-10(8-9)16-13-6-4-12-5-7-13/h;1-8H/q-1;/p+1. The van der Waals surface area contributed by atoms with Crippen molar-refractivity contribution in [2.45, 2.75) is 0 Å². The summed E-state index contributed by atoms with van der Waals surface area (Å²) in [7, 11) is 0. The van der Waals surface area contributed by atoms with Crippen molar-refractivity contribution in [3.05, 3.63) is 171 Å². The molecule has 0 amide bonds. The van der Waals surface area contributed by atoms with Crippen molar-refractivity contribution in [1.82, 2.24) is 4.98 Å². The zero-order chi connectivity index (χ0) is 45.7. The Morgan fingerprint density at radius 2 is 0.705 bits per heavy atom. The van der Waals surface area contributed by atoms with Crippen molar-refractivity contribution >= 4 is 34.0 Å². The SMILES string of the molecule is Fc1c(F)c(F)c([B-](c2c(F)c(F)c(F)c(F)c2F)(c2c(F)c(F)c(F)c(F)c2F)c2c(F)c(F)c(F)c(F)c2F)c(F)c1F.O=C(O)c1cccc(O[n+]2ccncc2)c1. The molecule has 26 heteroatoms. The van der Waals surface area contributed by atoms with Gasteiger partial charge >= 0.3 is 5.97 Å². The summed E-state index contributed by atoms with van der Waals surface area (Å²) in [6.45, 7) is 0. The fourth-order valence-corrected chi connectivity index (χ4v) is 6.05. The second-order valence-electron chi connectivity index (χ2n) is 11.8. The maximum atomic E-state index is 15.4. The molecule has 0 atom stereocenters. The largest absolute Gasteiger partial charge is 0.478 e. The lowest BCUT2D eigenvalue weighted by Crippen LogP contribution is -2.81. The van der Waals surface area contributed by atoms with E-state index in [1.165, 1.54) is 16.9 Å². The van der Waals surface area contributed by atoms with Gasteiger partial charge < -0.3 is 5.11 Å². The third-order valence-electron chi connectivity index (χ3n) is 8.60. The summed E-state index contributed by atoms with van der Waals surface area (Å²) in [6, 6.07) is 6.27. The van der Waals surface area contributed by atoms with E-state index < -0.39 is 150 Å². The van der Waals surface area contributed by atoms with E-state index in [4.69, 9.17) is 9.94 Å². The summed E-state index contributed by atoms with van der Waals surface area (Å²) >= 11 is 0. The van der Waals surface area contributed by atoms with Crippen molar-refractivity contribution in [2.75, 3.05) is 0 Å².